The van der Waals surface area contributed by atoms with E-state index in [4.69, 9.17) is 0 Å². The smallest absolute Gasteiger partial charge is 0.227 e. The van der Waals surface area contributed by atoms with Crippen molar-refractivity contribution in [3.05, 3.63) is 5.82 Å². The van der Waals surface area contributed by atoms with Gasteiger partial charge >= 0.3 is 0 Å². The molecule has 0 bridgehead atoms. The van der Waals surface area contributed by atoms with Crippen LogP contribution in [0.4, 0.5) is 11.9 Å². The molecule has 0 unspecified atom stereocenters. The number of hydrogen-bond donors (Lipinski definition) is 2. The van der Waals surface area contributed by atoms with Gasteiger partial charge in [-0.3, -0.25) is 0 Å². The van der Waals surface area contributed by atoms with E-state index in [1.807, 2.05) is 0 Å². The third kappa shape index (κ3) is 5.05. The molecule has 0 spiro atoms. The molecule has 0 radical (unpaired) electrons. The number of nitrogens with zero attached hydrogens (tertiary/aromatic N) is 3. The quantitative estimate of drug-likeness (QED) is 0.818. The van der Waals surface area contributed by atoms with Crippen LogP contribution in [0.25, 0.3) is 0 Å². The van der Waals surface area contributed by atoms with Crippen molar-refractivity contribution in [3.63, 3.8) is 0 Å². The van der Waals surface area contributed by atoms with Crippen molar-refractivity contribution in [3.8, 4) is 0 Å². The third-order valence-electron chi connectivity index (χ3n) is 5.03. The normalized spacial score (nSPS) is 20.4. The lowest BCUT2D eigenvalue weighted by atomic mass is 9.96. The summed E-state index contributed by atoms with van der Waals surface area (Å²) in [7, 11) is 0. The first-order chi connectivity index (χ1) is 11.3. The SMILES string of the molecule is CCCc1nc(NC2CCCCC2)nc(NC2CCCCC2)n1. The Morgan fingerprint density at radius 3 is 1.65 bits per heavy atom. The zero-order valence-corrected chi connectivity index (χ0v) is 14.5. The molecule has 0 atom stereocenters. The van der Waals surface area contributed by atoms with E-state index in [0.29, 0.717) is 12.1 Å². The molecular formula is C18H31N5. The molecule has 0 saturated heterocycles. The van der Waals surface area contributed by atoms with Crippen LogP contribution in [0.15, 0.2) is 0 Å². The zero-order valence-electron chi connectivity index (χ0n) is 14.5. The first-order valence-electron chi connectivity index (χ1n) is 9.61. The van der Waals surface area contributed by atoms with E-state index >= 15 is 0 Å². The summed E-state index contributed by atoms with van der Waals surface area (Å²) in [4.78, 5) is 13.9. The van der Waals surface area contributed by atoms with Gasteiger partial charge in [0, 0.05) is 18.5 Å². The van der Waals surface area contributed by atoms with Crippen molar-refractivity contribution in [2.45, 2.75) is 96.1 Å². The number of aryl methyl sites for hydroxylation is 1. The van der Waals surface area contributed by atoms with Gasteiger partial charge in [0.05, 0.1) is 0 Å². The molecular weight excluding hydrogens is 286 g/mol. The topological polar surface area (TPSA) is 62.7 Å². The van der Waals surface area contributed by atoms with Crippen LogP contribution in [0.2, 0.25) is 0 Å². The molecule has 0 aromatic carbocycles. The summed E-state index contributed by atoms with van der Waals surface area (Å²) in [5.74, 6) is 2.46. The second-order valence-electron chi connectivity index (χ2n) is 7.11. The summed E-state index contributed by atoms with van der Waals surface area (Å²) >= 11 is 0. The Balaban J connectivity index is 1.69. The van der Waals surface area contributed by atoms with Crippen LogP contribution >= 0.6 is 0 Å². The highest BCUT2D eigenvalue weighted by molar-refractivity contribution is 5.36. The number of rotatable bonds is 6. The van der Waals surface area contributed by atoms with E-state index in [2.05, 4.69) is 32.5 Å². The highest BCUT2D eigenvalue weighted by Gasteiger charge is 2.18. The van der Waals surface area contributed by atoms with Crippen molar-refractivity contribution >= 4 is 11.9 Å². The maximum Gasteiger partial charge on any atom is 0.227 e. The summed E-state index contributed by atoms with van der Waals surface area (Å²) < 4.78 is 0. The maximum absolute atomic E-state index is 4.66. The van der Waals surface area contributed by atoms with E-state index in [9.17, 15) is 0 Å². The minimum atomic E-state index is 0.531. The molecule has 2 fully saturated rings. The van der Waals surface area contributed by atoms with Crippen LogP contribution in [-0.2, 0) is 6.42 Å². The number of anilines is 2. The standard InChI is InChI=1S/C18H31N5/c1-2-9-16-21-17(19-14-10-5-3-6-11-14)23-18(22-16)20-15-12-7-4-8-13-15/h14-15H,2-13H2,1H3,(H2,19,20,21,22,23). The number of nitrogens with one attached hydrogen (secondary N) is 2. The minimum absolute atomic E-state index is 0.531. The summed E-state index contributed by atoms with van der Waals surface area (Å²) in [6, 6.07) is 1.06. The Kier molecular flexibility index (Phi) is 6.06. The van der Waals surface area contributed by atoms with Crippen molar-refractivity contribution in [2.24, 2.45) is 0 Å². The molecule has 2 N–H and O–H groups in total. The van der Waals surface area contributed by atoms with Crippen LogP contribution in [0.5, 0.6) is 0 Å². The monoisotopic (exact) mass is 317 g/mol. The Hall–Kier alpha value is -1.39. The molecule has 2 aliphatic rings. The molecule has 128 valence electrons. The molecule has 0 aliphatic heterocycles. The lowest BCUT2D eigenvalue weighted by Gasteiger charge is -2.24. The first kappa shape index (κ1) is 16.5. The van der Waals surface area contributed by atoms with E-state index in [1.54, 1.807) is 0 Å². The van der Waals surface area contributed by atoms with Gasteiger partial charge in [0.2, 0.25) is 11.9 Å². The van der Waals surface area contributed by atoms with Gasteiger partial charge in [-0.1, -0.05) is 45.4 Å². The Bertz CT molecular complexity index is 440. The van der Waals surface area contributed by atoms with Gasteiger partial charge in [-0.25, -0.2) is 0 Å². The summed E-state index contributed by atoms with van der Waals surface area (Å²) in [5.41, 5.74) is 0. The third-order valence-corrected chi connectivity index (χ3v) is 5.03. The molecule has 5 nitrogen and oxygen atoms in total. The number of aromatic nitrogens is 3. The van der Waals surface area contributed by atoms with Gasteiger partial charge in [-0.15, -0.1) is 0 Å². The lowest BCUT2D eigenvalue weighted by molar-refractivity contribution is 0.458. The van der Waals surface area contributed by atoms with E-state index in [-0.39, 0.29) is 0 Å². The van der Waals surface area contributed by atoms with E-state index in [0.717, 1.165) is 30.6 Å². The fourth-order valence-corrected chi connectivity index (χ4v) is 3.74. The predicted molar refractivity (Wildman–Crippen MR) is 94.8 cm³/mol. The Morgan fingerprint density at radius 1 is 0.739 bits per heavy atom. The van der Waals surface area contributed by atoms with Gasteiger partial charge in [-0.05, 0) is 32.1 Å². The molecule has 5 heteroatoms. The largest absolute Gasteiger partial charge is 0.351 e. The zero-order chi connectivity index (χ0) is 15.9. The Morgan fingerprint density at radius 2 is 1.22 bits per heavy atom. The van der Waals surface area contributed by atoms with Crippen LogP contribution in [0, 0.1) is 0 Å². The average Bonchev–Trinajstić information content (AvgIpc) is 2.57. The van der Waals surface area contributed by atoms with Gasteiger partial charge in [0.15, 0.2) is 0 Å². The van der Waals surface area contributed by atoms with Gasteiger partial charge in [-0.2, -0.15) is 15.0 Å². The molecule has 1 heterocycles. The molecule has 1 aromatic heterocycles. The van der Waals surface area contributed by atoms with Crippen LogP contribution in [-0.4, -0.2) is 27.0 Å². The highest BCUT2D eigenvalue weighted by Crippen LogP contribution is 2.22. The number of hydrogen-bond acceptors (Lipinski definition) is 5. The molecule has 2 saturated carbocycles. The maximum atomic E-state index is 4.66. The molecule has 3 rings (SSSR count). The van der Waals surface area contributed by atoms with Gasteiger partial charge in [0.25, 0.3) is 0 Å². The second kappa shape index (κ2) is 8.46. The van der Waals surface area contributed by atoms with Crippen molar-refractivity contribution in [2.75, 3.05) is 10.6 Å². The fraction of sp³-hybridized carbons (Fsp3) is 0.833. The summed E-state index contributed by atoms with van der Waals surface area (Å²) in [6.07, 6.45) is 14.9. The average molecular weight is 317 g/mol. The lowest BCUT2D eigenvalue weighted by Crippen LogP contribution is -2.26. The molecule has 0 amide bonds. The van der Waals surface area contributed by atoms with Crippen LogP contribution in [0.3, 0.4) is 0 Å². The van der Waals surface area contributed by atoms with E-state index in [1.165, 1.54) is 64.2 Å². The highest BCUT2D eigenvalue weighted by atomic mass is 15.2. The molecule has 1 aromatic rings. The van der Waals surface area contributed by atoms with Crippen LogP contribution in [0.1, 0.15) is 83.4 Å². The molecule has 2 aliphatic carbocycles. The Labute approximate surface area is 140 Å². The van der Waals surface area contributed by atoms with Gasteiger partial charge < -0.3 is 10.6 Å². The second-order valence-corrected chi connectivity index (χ2v) is 7.11. The first-order valence-corrected chi connectivity index (χ1v) is 9.61. The minimum Gasteiger partial charge on any atom is -0.351 e. The summed E-state index contributed by atoms with van der Waals surface area (Å²) in [6.45, 7) is 2.17. The van der Waals surface area contributed by atoms with Gasteiger partial charge in [0.1, 0.15) is 5.82 Å². The van der Waals surface area contributed by atoms with Crippen molar-refractivity contribution < 1.29 is 0 Å². The predicted octanol–water partition coefficient (Wildman–Crippen LogP) is 4.31. The fourth-order valence-electron chi connectivity index (χ4n) is 3.74. The molecule has 23 heavy (non-hydrogen) atoms. The summed E-state index contributed by atoms with van der Waals surface area (Å²) in [5, 5.41) is 7.11. The van der Waals surface area contributed by atoms with Crippen LogP contribution < -0.4 is 10.6 Å². The van der Waals surface area contributed by atoms with E-state index < -0.39 is 0 Å². The van der Waals surface area contributed by atoms with Crippen molar-refractivity contribution in [1.29, 1.82) is 0 Å². The van der Waals surface area contributed by atoms with Crippen molar-refractivity contribution in [1.82, 2.24) is 15.0 Å².